The van der Waals surface area contributed by atoms with E-state index in [1.54, 1.807) is 11.0 Å². The molecule has 6 heteroatoms. The molecule has 25 heavy (non-hydrogen) atoms. The lowest BCUT2D eigenvalue weighted by atomic mass is 10.1. The molecule has 0 saturated heterocycles. The van der Waals surface area contributed by atoms with Crippen molar-refractivity contribution in [3.05, 3.63) is 65.0 Å². The van der Waals surface area contributed by atoms with Crippen LogP contribution in [0, 0.1) is 17.1 Å². The number of hydrogen-bond acceptors (Lipinski definition) is 4. The highest BCUT2D eigenvalue weighted by atomic mass is 32.2. The zero-order valence-electron chi connectivity index (χ0n) is 13.7. The van der Waals surface area contributed by atoms with Gasteiger partial charge in [-0.05, 0) is 48.7 Å². The molecule has 0 bridgehead atoms. The zero-order chi connectivity index (χ0) is 18.0. The van der Waals surface area contributed by atoms with Gasteiger partial charge in [0.15, 0.2) is 4.91 Å². The van der Waals surface area contributed by atoms with Crippen LogP contribution in [-0.2, 0) is 16.3 Å². The zero-order valence-corrected chi connectivity index (χ0v) is 14.6. The first-order valence-corrected chi connectivity index (χ1v) is 9.50. The minimum absolute atomic E-state index is 0.0667. The predicted octanol–water partition coefficient (Wildman–Crippen LogP) is 4.46. The van der Waals surface area contributed by atoms with Crippen molar-refractivity contribution in [3.8, 4) is 6.07 Å². The molecule has 0 saturated carbocycles. The molecule has 1 heterocycles. The normalized spacial score (nSPS) is 15.2. The molecular formula is C19H17FN2O2S. The second-order valence-corrected chi connectivity index (χ2v) is 7.75. The molecule has 1 aliphatic rings. The number of hydrogen-bond donors (Lipinski definition) is 0. The Hall–Kier alpha value is -2.65. The molecule has 0 radical (unpaired) electrons. The Morgan fingerprint density at radius 1 is 1.16 bits per heavy atom. The average molecular weight is 356 g/mol. The first-order valence-electron chi connectivity index (χ1n) is 8.02. The van der Waals surface area contributed by atoms with E-state index in [9.17, 15) is 18.1 Å². The summed E-state index contributed by atoms with van der Waals surface area (Å²) in [4.78, 5) is 1.12. The number of unbranched alkanes of at least 4 members (excludes halogenated alkanes) is 1. The van der Waals surface area contributed by atoms with Gasteiger partial charge in [-0.1, -0.05) is 25.5 Å². The van der Waals surface area contributed by atoms with Crippen LogP contribution in [0.5, 0.6) is 0 Å². The fourth-order valence-corrected chi connectivity index (χ4v) is 4.07. The molecule has 2 aromatic rings. The van der Waals surface area contributed by atoms with Gasteiger partial charge in [0.25, 0.3) is 0 Å². The fraction of sp³-hybridized carbons (Fsp3) is 0.211. The van der Waals surface area contributed by atoms with Crippen LogP contribution in [0.3, 0.4) is 0 Å². The van der Waals surface area contributed by atoms with E-state index in [1.807, 2.05) is 24.3 Å². The molecular weight excluding hydrogens is 339 g/mol. The monoisotopic (exact) mass is 356 g/mol. The van der Waals surface area contributed by atoms with Gasteiger partial charge in [-0.3, -0.25) is 0 Å². The van der Waals surface area contributed by atoms with Crippen LogP contribution >= 0.6 is 0 Å². The molecule has 0 spiro atoms. The van der Waals surface area contributed by atoms with Crippen molar-refractivity contribution in [1.82, 2.24) is 0 Å². The highest BCUT2D eigenvalue weighted by Crippen LogP contribution is 2.39. The number of halogens is 1. The highest BCUT2D eigenvalue weighted by Gasteiger charge is 2.32. The smallest absolute Gasteiger partial charge is 0.220 e. The molecule has 0 aromatic heterocycles. The summed E-state index contributed by atoms with van der Waals surface area (Å²) >= 11 is 0. The van der Waals surface area contributed by atoms with Gasteiger partial charge >= 0.3 is 0 Å². The minimum Gasteiger partial charge on any atom is -0.314 e. The lowest BCUT2D eigenvalue weighted by molar-refractivity contribution is 0.600. The summed E-state index contributed by atoms with van der Waals surface area (Å²) in [5.41, 5.74) is 2.06. The molecule has 1 aliphatic heterocycles. The van der Waals surface area contributed by atoms with Crippen LogP contribution in [0.15, 0.2) is 58.5 Å². The van der Waals surface area contributed by atoms with Gasteiger partial charge in [-0.15, -0.1) is 0 Å². The number of aryl methyl sites for hydroxylation is 1. The lowest BCUT2D eigenvalue weighted by Gasteiger charge is -2.27. The molecule has 128 valence electrons. The number of rotatable bonds is 4. The molecule has 4 nitrogen and oxygen atoms in total. The fourth-order valence-electron chi connectivity index (χ4n) is 2.79. The number of sulfone groups is 1. The van der Waals surface area contributed by atoms with E-state index in [-0.39, 0.29) is 15.5 Å². The van der Waals surface area contributed by atoms with Crippen molar-refractivity contribution in [2.75, 3.05) is 4.90 Å². The molecule has 3 rings (SSSR count). The first-order chi connectivity index (χ1) is 12.0. The minimum atomic E-state index is -3.92. The van der Waals surface area contributed by atoms with Gasteiger partial charge in [0, 0.05) is 11.9 Å². The maximum absolute atomic E-state index is 13.7. The Labute approximate surface area is 146 Å². The maximum atomic E-state index is 13.7. The van der Waals surface area contributed by atoms with Gasteiger partial charge < -0.3 is 4.90 Å². The second kappa shape index (κ2) is 6.69. The number of allylic oxidation sites excluding steroid dienone is 1. The largest absolute Gasteiger partial charge is 0.314 e. The Bertz CT molecular complexity index is 973. The summed E-state index contributed by atoms with van der Waals surface area (Å²) in [5, 5.41) is 9.21. The Balaban J connectivity index is 2.09. The van der Waals surface area contributed by atoms with Crippen LogP contribution in [0.4, 0.5) is 15.8 Å². The van der Waals surface area contributed by atoms with Crippen molar-refractivity contribution < 1.29 is 12.8 Å². The quantitative estimate of drug-likeness (QED) is 0.759. The summed E-state index contributed by atoms with van der Waals surface area (Å²) < 4.78 is 38.6. The number of nitrogens with zero attached hydrogens (tertiary/aromatic N) is 2. The SMILES string of the molecule is CCCCc1ccc(N2C=C(C#N)S(=O)(=O)c3ccc(F)cc32)cc1. The highest BCUT2D eigenvalue weighted by molar-refractivity contribution is 7.95. The van der Waals surface area contributed by atoms with Crippen LogP contribution in [0.25, 0.3) is 0 Å². The molecule has 0 fully saturated rings. The van der Waals surface area contributed by atoms with Crippen molar-refractivity contribution in [1.29, 1.82) is 5.26 Å². The van der Waals surface area contributed by atoms with Crippen LogP contribution in [0.1, 0.15) is 25.3 Å². The first kappa shape index (κ1) is 17.2. The van der Waals surface area contributed by atoms with Gasteiger partial charge in [0.1, 0.15) is 11.9 Å². The third-order valence-electron chi connectivity index (χ3n) is 4.15. The summed E-state index contributed by atoms with van der Waals surface area (Å²) in [6.45, 7) is 2.13. The van der Waals surface area contributed by atoms with Gasteiger partial charge in [-0.2, -0.15) is 5.26 Å². The molecule has 0 aliphatic carbocycles. The molecule has 0 atom stereocenters. The van der Waals surface area contributed by atoms with Gasteiger partial charge in [-0.25, -0.2) is 12.8 Å². The third-order valence-corrected chi connectivity index (χ3v) is 5.85. The van der Waals surface area contributed by atoms with Crippen LogP contribution in [-0.4, -0.2) is 8.42 Å². The number of anilines is 2. The number of fused-ring (bicyclic) bond motifs is 1. The van der Waals surface area contributed by atoms with E-state index in [2.05, 4.69) is 6.92 Å². The Kier molecular flexibility index (Phi) is 4.60. The second-order valence-electron chi connectivity index (χ2n) is 5.86. The predicted molar refractivity (Wildman–Crippen MR) is 94.5 cm³/mol. The lowest BCUT2D eigenvalue weighted by Crippen LogP contribution is -2.21. The molecule has 0 N–H and O–H groups in total. The van der Waals surface area contributed by atoms with Crippen molar-refractivity contribution in [2.24, 2.45) is 0 Å². The van der Waals surface area contributed by atoms with Crippen LogP contribution < -0.4 is 4.90 Å². The van der Waals surface area contributed by atoms with Crippen molar-refractivity contribution >= 4 is 21.2 Å². The molecule has 0 unspecified atom stereocenters. The molecule has 2 aromatic carbocycles. The van der Waals surface area contributed by atoms with E-state index in [1.165, 1.54) is 23.9 Å². The summed E-state index contributed by atoms with van der Waals surface area (Å²) in [6, 6.07) is 12.8. The number of benzene rings is 2. The molecule has 0 amide bonds. The van der Waals surface area contributed by atoms with E-state index >= 15 is 0 Å². The van der Waals surface area contributed by atoms with Crippen LogP contribution in [0.2, 0.25) is 0 Å². The van der Waals surface area contributed by atoms with Gasteiger partial charge in [0.2, 0.25) is 9.84 Å². The summed E-state index contributed by atoms with van der Waals surface area (Å²) in [7, 11) is -3.92. The standard InChI is InChI=1S/C19H17FN2O2S/c1-2-3-4-14-5-8-16(9-6-14)22-13-17(12-21)25(23,24)19-10-7-15(20)11-18(19)22/h5-11,13H,2-4H2,1H3. The van der Waals surface area contributed by atoms with E-state index in [0.717, 1.165) is 25.3 Å². The van der Waals surface area contributed by atoms with Crippen molar-refractivity contribution in [2.45, 2.75) is 31.1 Å². The topological polar surface area (TPSA) is 61.2 Å². The summed E-state index contributed by atoms with van der Waals surface area (Å²) in [5.74, 6) is -0.535. The van der Waals surface area contributed by atoms with Crippen molar-refractivity contribution in [3.63, 3.8) is 0 Å². The van der Waals surface area contributed by atoms with E-state index in [4.69, 9.17) is 0 Å². The Morgan fingerprint density at radius 2 is 1.88 bits per heavy atom. The third kappa shape index (κ3) is 3.15. The number of nitriles is 1. The summed E-state index contributed by atoms with van der Waals surface area (Å²) in [6.07, 6.45) is 4.41. The average Bonchev–Trinajstić information content (AvgIpc) is 2.60. The van der Waals surface area contributed by atoms with Gasteiger partial charge in [0.05, 0.1) is 10.6 Å². The van der Waals surface area contributed by atoms with E-state index in [0.29, 0.717) is 5.69 Å². The maximum Gasteiger partial charge on any atom is 0.220 e. The Morgan fingerprint density at radius 3 is 2.52 bits per heavy atom. The van der Waals surface area contributed by atoms with E-state index < -0.39 is 15.7 Å².